The second kappa shape index (κ2) is 5.02. The highest BCUT2D eigenvalue weighted by Crippen LogP contribution is 2.27. The average Bonchev–Trinajstić information content (AvgIpc) is 2.28. The molecular formula is C16H25NO. The number of hydrogen-bond donors (Lipinski definition) is 1. The zero-order chi connectivity index (χ0) is 13.3. The summed E-state index contributed by atoms with van der Waals surface area (Å²) in [6, 6.07) is 5.01. The summed E-state index contributed by atoms with van der Waals surface area (Å²) in [5, 5.41) is 3.65. The smallest absolute Gasteiger partial charge is 0.0554 e. The van der Waals surface area contributed by atoms with Gasteiger partial charge in [-0.3, -0.25) is 0 Å². The molecule has 0 aliphatic carbocycles. The summed E-state index contributed by atoms with van der Waals surface area (Å²) >= 11 is 0. The molecule has 18 heavy (non-hydrogen) atoms. The van der Waals surface area contributed by atoms with Crippen molar-refractivity contribution in [2.45, 2.75) is 40.7 Å². The van der Waals surface area contributed by atoms with Crippen molar-refractivity contribution in [1.82, 2.24) is 5.32 Å². The molecule has 0 amide bonds. The third kappa shape index (κ3) is 2.76. The molecule has 1 aliphatic heterocycles. The van der Waals surface area contributed by atoms with E-state index in [9.17, 15) is 0 Å². The first kappa shape index (κ1) is 13.6. The first-order valence-electron chi connectivity index (χ1n) is 6.80. The van der Waals surface area contributed by atoms with Gasteiger partial charge in [0.2, 0.25) is 0 Å². The molecular weight excluding hydrogens is 222 g/mol. The lowest BCUT2D eigenvalue weighted by Gasteiger charge is -2.39. The summed E-state index contributed by atoms with van der Waals surface area (Å²) in [5.74, 6) is 0. The van der Waals surface area contributed by atoms with Gasteiger partial charge in [-0.2, -0.15) is 0 Å². The van der Waals surface area contributed by atoms with Gasteiger partial charge in [0.1, 0.15) is 0 Å². The third-order valence-corrected chi connectivity index (χ3v) is 4.08. The Morgan fingerprint density at radius 1 is 1.17 bits per heavy atom. The molecule has 1 aromatic carbocycles. The van der Waals surface area contributed by atoms with Crippen LogP contribution < -0.4 is 5.32 Å². The van der Waals surface area contributed by atoms with Gasteiger partial charge in [-0.15, -0.1) is 0 Å². The van der Waals surface area contributed by atoms with Gasteiger partial charge in [0.05, 0.1) is 13.2 Å². The first-order chi connectivity index (χ1) is 8.41. The fraction of sp³-hybridized carbons (Fsp3) is 0.625. The number of nitrogens with one attached hydrogen (secondary N) is 1. The van der Waals surface area contributed by atoms with E-state index in [0.717, 1.165) is 19.8 Å². The molecule has 1 unspecified atom stereocenters. The highest BCUT2D eigenvalue weighted by molar-refractivity contribution is 5.38. The standard InChI is InChI=1S/C16H25NO/c1-11-6-13(3)15(7-12(11)2)14(4)17-8-16(5)9-18-10-16/h6-7,14,17H,8-10H2,1-5H3. The van der Waals surface area contributed by atoms with E-state index in [-0.39, 0.29) is 0 Å². The van der Waals surface area contributed by atoms with Gasteiger partial charge in [0.15, 0.2) is 0 Å². The minimum atomic E-state index is 0.335. The maximum absolute atomic E-state index is 5.29. The molecule has 2 rings (SSSR count). The van der Waals surface area contributed by atoms with E-state index in [1.807, 2.05) is 0 Å². The number of rotatable bonds is 4. The van der Waals surface area contributed by atoms with Gasteiger partial charge in [-0.05, 0) is 49.9 Å². The normalized spacial score (nSPS) is 19.4. The Hall–Kier alpha value is -0.860. The van der Waals surface area contributed by atoms with E-state index in [4.69, 9.17) is 4.74 Å². The van der Waals surface area contributed by atoms with Crippen molar-refractivity contribution in [2.24, 2.45) is 5.41 Å². The van der Waals surface area contributed by atoms with Gasteiger partial charge >= 0.3 is 0 Å². The second-order valence-electron chi connectivity index (χ2n) is 6.20. The monoisotopic (exact) mass is 247 g/mol. The van der Waals surface area contributed by atoms with E-state index < -0.39 is 0 Å². The van der Waals surface area contributed by atoms with Crippen molar-refractivity contribution < 1.29 is 4.74 Å². The van der Waals surface area contributed by atoms with Gasteiger partial charge in [0, 0.05) is 18.0 Å². The first-order valence-corrected chi connectivity index (χ1v) is 6.80. The fourth-order valence-corrected chi connectivity index (χ4v) is 2.51. The van der Waals surface area contributed by atoms with Crippen molar-refractivity contribution in [2.75, 3.05) is 19.8 Å². The lowest BCUT2D eigenvalue weighted by atomic mass is 9.88. The highest BCUT2D eigenvalue weighted by Gasteiger charge is 2.33. The van der Waals surface area contributed by atoms with Crippen LogP contribution in [0.2, 0.25) is 0 Å². The predicted molar refractivity (Wildman–Crippen MR) is 76.0 cm³/mol. The number of hydrogen-bond acceptors (Lipinski definition) is 2. The van der Waals surface area contributed by atoms with Gasteiger partial charge in [0.25, 0.3) is 0 Å². The maximum atomic E-state index is 5.29. The number of aryl methyl sites for hydroxylation is 3. The lowest BCUT2D eigenvalue weighted by molar-refractivity contribution is -0.0999. The Kier molecular flexibility index (Phi) is 3.79. The molecule has 1 aromatic rings. The summed E-state index contributed by atoms with van der Waals surface area (Å²) in [6.45, 7) is 13.9. The molecule has 1 saturated heterocycles. The van der Waals surface area contributed by atoms with Crippen LogP contribution in [-0.4, -0.2) is 19.8 Å². The van der Waals surface area contributed by atoms with E-state index in [1.165, 1.54) is 22.3 Å². The summed E-state index contributed by atoms with van der Waals surface area (Å²) in [4.78, 5) is 0. The Bertz CT molecular complexity index is 435. The predicted octanol–water partition coefficient (Wildman–Crippen LogP) is 3.30. The van der Waals surface area contributed by atoms with Crippen LogP contribution in [0.15, 0.2) is 12.1 Å². The SMILES string of the molecule is Cc1cc(C)c(C(C)NCC2(C)COC2)cc1C. The van der Waals surface area contributed by atoms with Crippen molar-refractivity contribution in [1.29, 1.82) is 0 Å². The Morgan fingerprint density at radius 3 is 2.33 bits per heavy atom. The molecule has 1 heterocycles. The van der Waals surface area contributed by atoms with Gasteiger partial charge in [-0.25, -0.2) is 0 Å². The third-order valence-electron chi connectivity index (χ3n) is 4.08. The molecule has 2 heteroatoms. The van der Waals surface area contributed by atoms with Crippen molar-refractivity contribution in [3.63, 3.8) is 0 Å². The van der Waals surface area contributed by atoms with Crippen LogP contribution in [0.1, 0.15) is 42.1 Å². The van der Waals surface area contributed by atoms with Crippen LogP contribution in [-0.2, 0) is 4.74 Å². The summed E-state index contributed by atoms with van der Waals surface area (Å²) in [7, 11) is 0. The van der Waals surface area contributed by atoms with Crippen LogP contribution >= 0.6 is 0 Å². The molecule has 2 nitrogen and oxygen atoms in total. The van der Waals surface area contributed by atoms with Crippen LogP contribution in [0.3, 0.4) is 0 Å². The van der Waals surface area contributed by atoms with Crippen LogP contribution in [0, 0.1) is 26.2 Å². The highest BCUT2D eigenvalue weighted by atomic mass is 16.5. The minimum absolute atomic E-state index is 0.335. The molecule has 1 N–H and O–H groups in total. The zero-order valence-corrected chi connectivity index (χ0v) is 12.3. The van der Waals surface area contributed by atoms with Crippen molar-refractivity contribution >= 4 is 0 Å². The van der Waals surface area contributed by atoms with Crippen LogP contribution in [0.25, 0.3) is 0 Å². The van der Waals surface area contributed by atoms with Crippen molar-refractivity contribution in [3.8, 4) is 0 Å². The van der Waals surface area contributed by atoms with Crippen molar-refractivity contribution in [3.05, 3.63) is 34.4 Å². The Balaban J connectivity index is 2.04. The zero-order valence-electron chi connectivity index (χ0n) is 12.3. The van der Waals surface area contributed by atoms with E-state index in [1.54, 1.807) is 0 Å². The fourth-order valence-electron chi connectivity index (χ4n) is 2.51. The Labute approximate surface area is 111 Å². The quantitative estimate of drug-likeness (QED) is 0.881. The summed E-state index contributed by atoms with van der Waals surface area (Å²) in [6.07, 6.45) is 0. The molecule has 100 valence electrons. The lowest BCUT2D eigenvalue weighted by Crippen LogP contribution is -2.47. The molecule has 0 radical (unpaired) electrons. The molecule has 1 aliphatic rings. The van der Waals surface area contributed by atoms with Crippen LogP contribution in [0.4, 0.5) is 0 Å². The minimum Gasteiger partial charge on any atom is -0.380 e. The van der Waals surface area contributed by atoms with E-state index in [0.29, 0.717) is 11.5 Å². The molecule has 0 spiro atoms. The average molecular weight is 247 g/mol. The molecule has 0 bridgehead atoms. The molecule has 0 saturated carbocycles. The molecule has 0 aromatic heterocycles. The van der Waals surface area contributed by atoms with Gasteiger partial charge < -0.3 is 10.1 Å². The second-order valence-corrected chi connectivity index (χ2v) is 6.20. The number of benzene rings is 1. The van der Waals surface area contributed by atoms with E-state index in [2.05, 4.69) is 52.1 Å². The van der Waals surface area contributed by atoms with E-state index >= 15 is 0 Å². The molecule has 1 atom stereocenters. The maximum Gasteiger partial charge on any atom is 0.0554 e. The summed E-state index contributed by atoms with van der Waals surface area (Å²) in [5.41, 5.74) is 5.89. The van der Waals surface area contributed by atoms with Crippen LogP contribution in [0.5, 0.6) is 0 Å². The largest absolute Gasteiger partial charge is 0.380 e. The summed E-state index contributed by atoms with van der Waals surface area (Å²) < 4.78 is 5.29. The Morgan fingerprint density at radius 2 is 1.78 bits per heavy atom. The number of ether oxygens (including phenoxy) is 1. The topological polar surface area (TPSA) is 21.3 Å². The van der Waals surface area contributed by atoms with Gasteiger partial charge in [-0.1, -0.05) is 19.1 Å². The molecule has 1 fully saturated rings.